The number of nitrogens with zero attached hydrogens (tertiary/aromatic N) is 1. The fraction of sp³-hybridized carbons (Fsp3) is 0.500. The van der Waals surface area contributed by atoms with Crippen molar-refractivity contribution in [1.82, 2.24) is 5.32 Å². The number of aryl methyl sites for hydroxylation is 1. The van der Waals surface area contributed by atoms with Gasteiger partial charge in [0, 0.05) is 18.0 Å². The Hall–Kier alpha value is -1.33. The molecule has 1 saturated heterocycles. The van der Waals surface area contributed by atoms with Crippen molar-refractivity contribution in [2.24, 2.45) is 5.92 Å². The van der Waals surface area contributed by atoms with Gasteiger partial charge in [0.15, 0.2) is 0 Å². The summed E-state index contributed by atoms with van der Waals surface area (Å²) in [4.78, 5) is 0. The maximum Gasteiger partial charge on any atom is 0.0725 e. The fourth-order valence-electron chi connectivity index (χ4n) is 2.97. The molecule has 1 saturated carbocycles. The molecule has 3 rings (SSSR count). The molecule has 2 heteroatoms. The van der Waals surface area contributed by atoms with Gasteiger partial charge in [-0.3, -0.25) is 0 Å². The minimum Gasteiger partial charge on any atom is -0.309 e. The summed E-state index contributed by atoms with van der Waals surface area (Å²) in [5, 5.41) is 12.9. The van der Waals surface area contributed by atoms with Crippen LogP contribution in [0.5, 0.6) is 0 Å². The van der Waals surface area contributed by atoms with Gasteiger partial charge in [0.1, 0.15) is 0 Å². The predicted molar refractivity (Wildman–Crippen MR) is 63.0 cm³/mol. The fourth-order valence-corrected chi connectivity index (χ4v) is 2.97. The molecular weight excluding hydrogens is 196 g/mol. The van der Waals surface area contributed by atoms with E-state index in [4.69, 9.17) is 0 Å². The van der Waals surface area contributed by atoms with Crippen molar-refractivity contribution < 1.29 is 0 Å². The monoisotopic (exact) mass is 212 g/mol. The third-order valence-electron chi connectivity index (χ3n) is 4.07. The number of benzene rings is 1. The van der Waals surface area contributed by atoms with Crippen molar-refractivity contribution in [3.63, 3.8) is 0 Å². The van der Waals surface area contributed by atoms with Crippen LogP contribution in [0.1, 0.15) is 29.9 Å². The summed E-state index contributed by atoms with van der Waals surface area (Å²) in [5.41, 5.74) is 2.78. The van der Waals surface area contributed by atoms with Gasteiger partial charge in [0.05, 0.1) is 12.0 Å². The first-order valence-corrected chi connectivity index (χ1v) is 5.96. The van der Waals surface area contributed by atoms with Gasteiger partial charge in [-0.15, -0.1) is 0 Å². The van der Waals surface area contributed by atoms with Gasteiger partial charge in [0.2, 0.25) is 0 Å². The van der Waals surface area contributed by atoms with E-state index in [9.17, 15) is 5.26 Å². The van der Waals surface area contributed by atoms with Gasteiger partial charge in [-0.2, -0.15) is 5.26 Å². The molecule has 0 amide bonds. The summed E-state index contributed by atoms with van der Waals surface area (Å²) >= 11 is 0. The zero-order valence-electron chi connectivity index (χ0n) is 9.53. The number of nitrogens with one attached hydrogen (secondary N) is 1. The maximum absolute atomic E-state index is 9.35. The van der Waals surface area contributed by atoms with Gasteiger partial charge in [-0.05, 0) is 25.3 Å². The van der Waals surface area contributed by atoms with E-state index >= 15 is 0 Å². The van der Waals surface area contributed by atoms with Crippen molar-refractivity contribution in [1.29, 1.82) is 5.26 Å². The lowest BCUT2D eigenvalue weighted by Gasteiger charge is -2.16. The van der Waals surface area contributed by atoms with Crippen molar-refractivity contribution >= 4 is 0 Å². The van der Waals surface area contributed by atoms with Gasteiger partial charge >= 0.3 is 0 Å². The molecule has 0 aromatic heterocycles. The topological polar surface area (TPSA) is 35.8 Å². The quantitative estimate of drug-likeness (QED) is 0.775. The van der Waals surface area contributed by atoms with E-state index in [-0.39, 0.29) is 11.5 Å². The van der Waals surface area contributed by atoms with Gasteiger partial charge in [-0.25, -0.2) is 0 Å². The highest BCUT2D eigenvalue weighted by atomic mass is 15.1. The normalized spacial score (nSPS) is 30.2. The maximum atomic E-state index is 9.35. The van der Waals surface area contributed by atoms with E-state index in [0.29, 0.717) is 5.92 Å². The molecule has 1 spiro atoms. The van der Waals surface area contributed by atoms with E-state index in [0.717, 1.165) is 6.54 Å². The van der Waals surface area contributed by atoms with Crippen LogP contribution in [-0.4, -0.2) is 12.1 Å². The lowest BCUT2D eigenvalue weighted by atomic mass is 9.84. The Kier molecular flexibility index (Phi) is 2.05. The van der Waals surface area contributed by atoms with Crippen LogP contribution in [0.4, 0.5) is 0 Å². The molecule has 1 aliphatic heterocycles. The standard InChI is InChI=1S/C14H16N2/c1-10-3-2-4-11(7-10)12-9-16-14(5-6-14)13(12)8-15/h2-4,7,12-13,16H,5-6,9H2,1H3/t12-,13-/m0/s1. The highest BCUT2D eigenvalue weighted by molar-refractivity contribution is 5.33. The molecule has 2 nitrogen and oxygen atoms in total. The molecule has 82 valence electrons. The van der Waals surface area contributed by atoms with E-state index in [1.807, 2.05) is 0 Å². The molecule has 1 heterocycles. The number of hydrogen-bond donors (Lipinski definition) is 1. The van der Waals surface area contributed by atoms with Gasteiger partial charge < -0.3 is 5.32 Å². The van der Waals surface area contributed by atoms with Crippen LogP contribution in [0.3, 0.4) is 0 Å². The summed E-state index contributed by atoms with van der Waals surface area (Å²) in [6, 6.07) is 11.1. The van der Waals surface area contributed by atoms with Crippen LogP contribution in [0, 0.1) is 24.2 Å². The third kappa shape index (κ3) is 1.36. The Labute approximate surface area is 96.3 Å². The molecule has 2 atom stereocenters. The van der Waals surface area contributed by atoms with Gasteiger partial charge in [-0.1, -0.05) is 29.8 Å². The number of rotatable bonds is 1. The largest absolute Gasteiger partial charge is 0.309 e. The molecule has 1 N–H and O–H groups in total. The Bertz CT molecular complexity index is 454. The second kappa shape index (κ2) is 3.33. The van der Waals surface area contributed by atoms with E-state index in [1.165, 1.54) is 24.0 Å². The Morgan fingerprint density at radius 2 is 2.25 bits per heavy atom. The number of nitriles is 1. The summed E-state index contributed by atoms with van der Waals surface area (Å²) in [6.07, 6.45) is 2.35. The highest BCUT2D eigenvalue weighted by Gasteiger charge is 2.56. The van der Waals surface area contributed by atoms with Crippen molar-refractivity contribution in [3.8, 4) is 6.07 Å². The zero-order chi connectivity index (χ0) is 11.2. The molecule has 0 unspecified atom stereocenters. The molecule has 1 aromatic carbocycles. The van der Waals surface area contributed by atoms with Crippen LogP contribution < -0.4 is 5.32 Å². The van der Waals surface area contributed by atoms with Crippen molar-refractivity contribution in [3.05, 3.63) is 35.4 Å². The molecule has 0 radical (unpaired) electrons. The third-order valence-corrected chi connectivity index (χ3v) is 4.07. The molecule has 0 bridgehead atoms. The summed E-state index contributed by atoms with van der Waals surface area (Å²) in [6.45, 7) is 3.07. The van der Waals surface area contributed by atoms with Crippen LogP contribution in [0.25, 0.3) is 0 Å². The zero-order valence-corrected chi connectivity index (χ0v) is 9.53. The summed E-state index contributed by atoms with van der Waals surface area (Å²) in [7, 11) is 0. The van der Waals surface area contributed by atoms with Crippen LogP contribution in [0.2, 0.25) is 0 Å². The molecule has 1 aliphatic carbocycles. The minimum absolute atomic E-state index is 0.161. The summed E-state index contributed by atoms with van der Waals surface area (Å²) < 4.78 is 0. The number of hydrogen-bond acceptors (Lipinski definition) is 2. The molecule has 1 aromatic rings. The highest BCUT2D eigenvalue weighted by Crippen LogP contribution is 2.51. The Morgan fingerprint density at radius 1 is 1.44 bits per heavy atom. The average Bonchev–Trinajstić information content (AvgIpc) is 2.93. The lowest BCUT2D eigenvalue weighted by molar-refractivity contribution is 0.496. The minimum atomic E-state index is 0.161. The van der Waals surface area contributed by atoms with Crippen LogP contribution in [-0.2, 0) is 0 Å². The molecule has 2 fully saturated rings. The van der Waals surface area contributed by atoms with E-state index in [1.54, 1.807) is 0 Å². The molecular formula is C14H16N2. The van der Waals surface area contributed by atoms with E-state index < -0.39 is 0 Å². The summed E-state index contributed by atoms with van der Waals surface area (Å²) in [5.74, 6) is 0.543. The Morgan fingerprint density at radius 3 is 2.88 bits per heavy atom. The molecule has 2 aliphatic rings. The van der Waals surface area contributed by atoms with Gasteiger partial charge in [0.25, 0.3) is 0 Å². The predicted octanol–water partition coefficient (Wildman–Crippen LogP) is 2.35. The molecule has 16 heavy (non-hydrogen) atoms. The average molecular weight is 212 g/mol. The first-order valence-electron chi connectivity index (χ1n) is 5.96. The van der Waals surface area contributed by atoms with Crippen LogP contribution in [0.15, 0.2) is 24.3 Å². The van der Waals surface area contributed by atoms with E-state index in [2.05, 4.69) is 42.6 Å². The second-order valence-electron chi connectivity index (χ2n) is 5.16. The second-order valence-corrected chi connectivity index (χ2v) is 5.16. The smallest absolute Gasteiger partial charge is 0.0725 e. The first kappa shape index (κ1) is 9.86. The van der Waals surface area contributed by atoms with Crippen LogP contribution >= 0.6 is 0 Å². The first-order chi connectivity index (χ1) is 7.75. The SMILES string of the molecule is Cc1cccc([C@@H]2CNC3(CC3)[C@H]2C#N)c1. The van der Waals surface area contributed by atoms with Crippen molar-refractivity contribution in [2.75, 3.05) is 6.54 Å². The lowest BCUT2D eigenvalue weighted by Crippen LogP contribution is -2.28. The Balaban J connectivity index is 1.94. The van der Waals surface area contributed by atoms with Crippen molar-refractivity contribution in [2.45, 2.75) is 31.2 Å².